The second-order valence-corrected chi connectivity index (χ2v) is 7.20. The molecule has 2 heterocycles. The molecule has 1 amide bonds. The van der Waals surface area contributed by atoms with Crippen LogP contribution in [-0.4, -0.2) is 68.3 Å². The van der Waals surface area contributed by atoms with Gasteiger partial charge < -0.3 is 14.4 Å². The van der Waals surface area contributed by atoms with Crippen LogP contribution in [-0.2, 0) is 19.9 Å². The second-order valence-electron chi connectivity index (χ2n) is 7.20. The molecular formula is C20H30N2O3. The average Bonchev–Trinajstić information content (AvgIpc) is 3.12. The molecule has 1 aromatic rings. The summed E-state index contributed by atoms with van der Waals surface area (Å²) in [6.45, 7) is 9.20. The van der Waals surface area contributed by atoms with Crippen molar-refractivity contribution >= 4 is 5.91 Å². The normalized spacial score (nSPS) is 27.2. The standard InChI is InChI=1S/C20H30N2O3/c1-4-16-14-22(15-18(16)21-10-12-25-13-11-21)19(23)20(2,24-3)17-8-6-5-7-9-17/h5-9,16,18H,4,10-15H2,1-3H3/t16-,18-,20-/m1/s1. The molecule has 0 spiro atoms. The number of benzene rings is 1. The average molecular weight is 346 g/mol. The first-order valence-corrected chi connectivity index (χ1v) is 9.32. The molecule has 3 rings (SSSR count). The Bertz CT molecular complexity index is 574. The fourth-order valence-electron chi connectivity index (χ4n) is 4.13. The number of carbonyl (C=O) groups is 1. The van der Waals surface area contributed by atoms with E-state index in [4.69, 9.17) is 9.47 Å². The van der Waals surface area contributed by atoms with E-state index in [0.717, 1.165) is 51.4 Å². The molecule has 0 unspecified atom stereocenters. The first kappa shape index (κ1) is 18.4. The second kappa shape index (κ2) is 7.85. The molecule has 5 heteroatoms. The lowest BCUT2D eigenvalue weighted by atomic mass is 9.94. The van der Waals surface area contributed by atoms with E-state index < -0.39 is 5.60 Å². The maximum absolute atomic E-state index is 13.3. The van der Waals surface area contributed by atoms with Crippen molar-refractivity contribution in [1.82, 2.24) is 9.80 Å². The highest BCUT2D eigenvalue weighted by atomic mass is 16.5. The van der Waals surface area contributed by atoms with Gasteiger partial charge in [0.25, 0.3) is 5.91 Å². The van der Waals surface area contributed by atoms with Crippen LogP contribution in [0.5, 0.6) is 0 Å². The van der Waals surface area contributed by atoms with Gasteiger partial charge in [-0.25, -0.2) is 0 Å². The van der Waals surface area contributed by atoms with Crippen LogP contribution in [0.1, 0.15) is 25.8 Å². The van der Waals surface area contributed by atoms with Gasteiger partial charge in [-0.3, -0.25) is 9.69 Å². The predicted octanol–water partition coefficient (Wildman–Crippen LogP) is 2.12. The van der Waals surface area contributed by atoms with Crippen molar-refractivity contribution in [3.8, 4) is 0 Å². The van der Waals surface area contributed by atoms with Gasteiger partial charge in [-0.05, 0) is 18.4 Å². The summed E-state index contributed by atoms with van der Waals surface area (Å²) in [5.41, 5.74) is -0.0233. The largest absolute Gasteiger partial charge is 0.379 e. The van der Waals surface area contributed by atoms with Crippen LogP contribution in [0.3, 0.4) is 0 Å². The van der Waals surface area contributed by atoms with E-state index in [0.29, 0.717) is 12.0 Å². The number of ether oxygens (including phenoxy) is 2. The highest BCUT2D eigenvalue weighted by Gasteiger charge is 2.44. The van der Waals surface area contributed by atoms with Crippen LogP contribution in [0, 0.1) is 5.92 Å². The smallest absolute Gasteiger partial charge is 0.259 e. The Kier molecular flexibility index (Phi) is 5.77. The van der Waals surface area contributed by atoms with Gasteiger partial charge in [0.2, 0.25) is 0 Å². The summed E-state index contributed by atoms with van der Waals surface area (Å²) >= 11 is 0. The zero-order valence-electron chi connectivity index (χ0n) is 15.6. The van der Waals surface area contributed by atoms with Gasteiger partial charge >= 0.3 is 0 Å². The molecule has 138 valence electrons. The number of amides is 1. The Morgan fingerprint density at radius 3 is 2.52 bits per heavy atom. The van der Waals surface area contributed by atoms with Crippen LogP contribution in [0.25, 0.3) is 0 Å². The molecule has 0 saturated carbocycles. The number of methoxy groups -OCH3 is 1. The highest BCUT2D eigenvalue weighted by Crippen LogP contribution is 2.32. The Morgan fingerprint density at radius 2 is 1.92 bits per heavy atom. The lowest BCUT2D eigenvalue weighted by molar-refractivity contribution is -0.153. The molecule has 2 aliphatic heterocycles. The van der Waals surface area contributed by atoms with Crippen LogP contribution < -0.4 is 0 Å². The van der Waals surface area contributed by atoms with E-state index in [1.165, 1.54) is 0 Å². The fourth-order valence-corrected chi connectivity index (χ4v) is 4.13. The van der Waals surface area contributed by atoms with Gasteiger partial charge in [-0.2, -0.15) is 0 Å². The Morgan fingerprint density at radius 1 is 1.24 bits per heavy atom. The van der Waals surface area contributed by atoms with Gasteiger partial charge in [0.1, 0.15) is 0 Å². The van der Waals surface area contributed by atoms with Crippen molar-refractivity contribution in [3.05, 3.63) is 35.9 Å². The van der Waals surface area contributed by atoms with Crippen LogP contribution in [0.2, 0.25) is 0 Å². The Balaban J connectivity index is 1.77. The summed E-state index contributed by atoms with van der Waals surface area (Å²) in [6, 6.07) is 10.2. The zero-order chi connectivity index (χ0) is 17.9. The van der Waals surface area contributed by atoms with Crippen molar-refractivity contribution in [3.63, 3.8) is 0 Å². The summed E-state index contributed by atoms with van der Waals surface area (Å²) in [5, 5.41) is 0. The molecule has 5 nitrogen and oxygen atoms in total. The van der Waals surface area contributed by atoms with Gasteiger partial charge in [0, 0.05) is 39.3 Å². The van der Waals surface area contributed by atoms with Gasteiger partial charge in [-0.15, -0.1) is 0 Å². The third kappa shape index (κ3) is 3.59. The van der Waals surface area contributed by atoms with Gasteiger partial charge in [0.05, 0.1) is 13.2 Å². The van der Waals surface area contributed by atoms with Crippen LogP contribution >= 0.6 is 0 Å². The number of likely N-dealkylation sites (tertiary alicyclic amines) is 1. The number of morpholine rings is 1. The number of hydrogen-bond acceptors (Lipinski definition) is 4. The third-order valence-corrected chi connectivity index (χ3v) is 5.87. The highest BCUT2D eigenvalue weighted by molar-refractivity contribution is 5.86. The topological polar surface area (TPSA) is 42.0 Å². The minimum atomic E-state index is -0.931. The molecular weight excluding hydrogens is 316 g/mol. The Hall–Kier alpha value is -1.43. The molecule has 2 saturated heterocycles. The molecule has 0 N–H and O–H groups in total. The molecule has 0 radical (unpaired) electrons. The number of hydrogen-bond donors (Lipinski definition) is 0. The predicted molar refractivity (Wildman–Crippen MR) is 97.3 cm³/mol. The molecule has 0 bridgehead atoms. The summed E-state index contributed by atoms with van der Waals surface area (Å²) in [4.78, 5) is 17.8. The van der Waals surface area contributed by atoms with E-state index >= 15 is 0 Å². The van der Waals surface area contributed by atoms with E-state index in [9.17, 15) is 4.79 Å². The number of nitrogens with zero attached hydrogens (tertiary/aromatic N) is 2. The van der Waals surface area contributed by atoms with Crippen LogP contribution in [0.15, 0.2) is 30.3 Å². The third-order valence-electron chi connectivity index (χ3n) is 5.87. The summed E-state index contributed by atoms with van der Waals surface area (Å²) in [6.07, 6.45) is 1.08. The maximum atomic E-state index is 13.3. The molecule has 2 aliphatic rings. The minimum Gasteiger partial charge on any atom is -0.379 e. The molecule has 2 fully saturated rings. The van der Waals surface area contributed by atoms with Gasteiger partial charge in [0.15, 0.2) is 5.60 Å². The van der Waals surface area contributed by atoms with Crippen molar-refractivity contribution in [2.24, 2.45) is 5.92 Å². The molecule has 1 aromatic carbocycles. The van der Waals surface area contributed by atoms with E-state index in [-0.39, 0.29) is 5.91 Å². The monoisotopic (exact) mass is 346 g/mol. The summed E-state index contributed by atoms with van der Waals surface area (Å²) in [7, 11) is 1.62. The fraction of sp³-hybridized carbons (Fsp3) is 0.650. The van der Waals surface area contributed by atoms with Crippen molar-refractivity contribution in [1.29, 1.82) is 0 Å². The summed E-state index contributed by atoms with van der Waals surface area (Å²) in [5.74, 6) is 0.578. The minimum absolute atomic E-state index is 0.0652. The SMILES string of the molecule is CC[C@@H]1CN(C(=O)[C@](C)(OC)c2ccccc2)C[C@H]1N1CCOCC1. The molecule has 25 heavy (non-hydrogen) atoms. The lowest BCUT2D eigenvalue weighted by Gasteiger charge is -2.35. The number of carbonyl (C=O) groups excluding carboxylic acids is 1. The quantitative estimate of drug-likeness (QED) is 0.819. The molecule has 0 aliphatic carbocycles. The van der Waals surface area contributed by atoms with E-state index in [1.54, 1.807) is 7.11 Å². The maximum Gasteiger partial charge on any atom is 0.259 e. The molecule has 3 atom stereocenters. The molecule has 0 aromatic heterocycles. The lowest BCUT2D eigenvalue weighted by Crippen LogP contribution is -2.49. The van der Waals surface area contributed by atoms with Crippen molar-refractivity contribution < 1.29 is 14.3 Å². The van der Waals surface area contributed by atoms with Crippen molar-refractivity contribution in [2.75, 3.05) is 46.5 Å². The van der Waals surface area contributed by atoms with Gasteiger partial charge in [-0.1, -0.05) is 43.7 Å². The number of rotatable bonds is 5. The Labute approximate surface area is 150 Å². The van der Waals surface area contributed by atoms with E-state index in [2.05, 4.69) is 11.8 Å². The van der Waals surface area contributed by atoms with Crippen LogP contribution in [0.4, 0.5) is 0 Å². The van der Waals surface area contributed by atoms with Crippen molar-refractivity contribution in [2.45, 2.75) is 31.9 Å². The van der Waals surface area contributed by atoms with E-state index in [1.807, 2.05) is 42.2 Å². The zero-order valence-corrected chi connectivity index (χ0v) is 15.6. The first-order chi connectivity index (χ1) is 12.1. The summed E-state index contributed by atoms with van der Waals surface area (Å²) < 4.78 is 11.2. The first-order valence-electron chi connectivity index (χ1n) is 9.32.